The molecule has 0 amide bonds. The summed E-state index contributed by atoms with van der Waals surface area (Å²) in [6.07, 6.45) is 0.0856. The molecular weight excluding hydrogens is 310 g/mol. The van der Waals surface area contributed by atoms with Crippen molar-refractivity contribution >= 4 is 27.6 Å². The Labute approximate surface area is 129 Å². The van der Waals surface area contributed by atoms with E-state index in [9.17, 15) is 8.42 Å². The fourth-order valence-electron chi connectivity index (χ4n) is 1.70. The second-order valence-electron chi connectivity index (χ2n) is 4.58. The van der Waals surface area contributed by atoms with Gasteiger partial charge in [-0.05, 0) is 36.8 Å². The number of hydrogen-bond acceptors (Lipinski definition) is 4. The number of halogens is 1. The number of aryl methyl sites for hydroxylation is 1. The molecule has 2 rings (SSSR count). The van der Waals surface area contributed by atoms with Crippen molar-refractivity contribution in [1.29, 1.82) is 5.41 Å². The van der Waals surface area contributed by atoms with Crippen LogP contribution in [0.4, 0.5) is 0 Å². The summed E-state index contributed by atoms with van der Waals surface area (Å²) < 4.78 is 28.8. The topological polar surface area (TPSA) is 67.2 Å². The number of hydrogen-bond donors (Lipinski definition) is 1. The van der Waals surface area contributed by atoms with Crippen molar-refractivity contribution in [2.75, 3.05) is 0 Å². The highest BCUT2D eigenvalue weighted by molar-refractivity contribution is 7.87. The van der Waals surface area contributed by atoms with Crippen LogP contribution in [-0.2, 0) is 20.7 Å². The summed E-state index contributed by atoms with van der Waals surface area (Å²) in [5.74, 6) is -0.335. The molecule has 0 bridgehead atoms. The first-order valence-corrected chi connectivity index (χ1v) is 7.98. The number of benzene rings is 2. The summed E-state index contributed by atoms with van der Waals surface area (Å²) in [6, 6.07) is 13.1. The minimum atomic E-state index is -3.96. The van der Waals surface area contributed by atoms with Gasteiger partial charge in [0.05, 0.1) is 0 Å². The van der Waals surface area contributed by atoms with E-state index < -0.39 is 10.1 Å². The smallest absolute Gasteiger partial charge is 0.340 e. The molecule has 0 aliphatic carbocycles. The molecule has 0 radical (unpaired) electrons. The van der Waals surface area contributed by atoms with Crippen LogP contribution in [0.15, 0.2) is 53.4 Å². The Bertz CT molecular complexity index is 737. The molecule has 0 fully saturated rings. The van der Waals surface area contributed by atoms with Crippen molar-refractivity contribution in [1.82, 2.24) is 0 Å². The average molecular weight is 324 g/mol. The lowest BCUT2D eigenvalue weighted by molar-refractivity contribution is 0.474. The van der Waals surface area contributed by atoms with Crippen molar-refractivity contribution in [3.05, 3.63) is 64.7 Å². The van der Waals surface area contributed by atoms with Gasteiger partial charge in [0.1, 0.15) is 4.90 Å². The molecular formula is C15H14ClNO3S. The highest BCUT2D eigenvalue weighted by Crippen LogP contribution is 2.15. The molecule has 2 aromatic carbocycles. The molecule has 4 nitrogen and oxygen atoms in total. The maximum Gasteiger partial charge on any atom is 0.340 e. The van der Waals surface area contributed by atoms with Gasteiger partial charge < -0.3 is 4.18 Å². The summed E-state index contributed by atoms with van der Waals surface area (Å²) in [5.41, 5.74) is 1.70. The molecule has 0 saturated heterocycles. The maximum absolute atomic E-state index is 12.0. The quantitative estimate of drug-likeness (QED) is 0.531. The third-order valence-corrected chi connectivity index (χ3v) is 4.32. The molecule has 0 heterocycles. The Kier molecular flexibility index (Phi) is 4.65. The Morgan fingerprint density at radius 2 is 1.67 bits per heavy atom. The number of rotatable bonds is 4. The van der Waals surface area contributed by atoms with E-state index in [4.69, 9.17) is 21.2 Å². The van der Waals surface area contributed by atoms with E-state index in [1.54, 1.807) is 36.4 Å². The van der Waals surface area contributed by atoms with Gasteiger partial charge in [0.2, 0.25) is 5.90 Å². The van der Waals surface area contributed by atoms with Crippen LogP contribution in [-0.4, -0.2) is 14.3 Å². The van der Waals surface area contributed by atoms with Crippen LogP contribution >= 0.6 is 11.6 Å². The Morgan fingerprint density at radius 1 is 1.10 bits per heavy atom. The molecule has 0 saturated carbocycles. The highest BCUT2D eigenvalue weighted by atomic mass is 35.5. The summed E-state index contributed by atoms with van der Waals surface area (Å²) in [6.45, 7) is 1.86. The third kappa shape index (κ3) is 4.31. The first-order valence-electron chi connectivity index (χ1n) is 6.20. The third-order valence-electron chi connectivity index (χ3n) is 2.80. The van der Waals surface area contributed by atoms with Crippen LogP contribution in [0, 0.1) is 12.3 Å². The maximum atomic E-state index is 12.0. The second-order valence-corrected chi connectivity index (χ2v) is 6.56. The van der Waals surface area contributed by atoms with E-state index in [1.807, 2.05) is 6.92 Å². The average Bonchev–Trinajstić information content (AvgIpc) is 2.41. The molecule has 2 aromatic rings. The SMILES string of the molecule is Cc1ccc(S(=O)(=O)OC(=N)Cc2ccc(Cl)cc2)cc1. The zero-order valence-electron chi connectivity index (χ0n) is 11.3. The second kappa shape index (κ2) is 6.28. The monoisotopic (exact) mass is 323 g/mol. The summed E-state index contributed by atoms with van der Waals surface area (Å²) in [4.78, 5) is 0.0361. The highest BCUT2D eigenvalue weighted by Gasteiger charge is 2.18. The molecule has 0 spiro atoms. The minimum Gasteiger partial charge on any atom is -0.363 e. The predicted molar refractivity (Wildman–Crippen MR) is 82.3 cm³/mol. The van der Waals surface area contributed by atoms with Gasteiger partial charge in [0.15, 0.2) is 0 Å². The van der Waals surface area contributed by atoms with Crippen LogP contribution in [0.2, 0.25) is 5.02 Å². The van der Waals surface area contributed by atoms with E-state index >= 15 is 0 Å². The minimum absolute atomic E-state index is 0.0361. The van der Waals surface area contributed by atoms with Crippen molar-refractivity contribution in [3.8, 4) is 0 Å². The van der Waals surface area contributed by atoms with Gasteiger partial charge in [-0.25, -0.2) is 0 Å². The lowest BCUT2D eigenvalue weighted by Gasteiger charge is -2.08. The first-order chi connectivity index (χ1) is 9.87. The van der Waals surface area contributed by atoms with Gasteiger partial charge in [-0.3, -0.25) is 5.41 Å². The zero-order chi connectivity index (χ0) is 15.5. The van der Waals surface area contributed by atoms with Crippen molar-refractivity contribution in [2.24, 2.45) is 0 Å². The Balaban J connectivity index is 2.07. The van der Waals surface area contributed by atoms with Gasteiger partial charge in [0.25, 0.3) is 0 Å². The Morgan fingerprint density at radius 3 is 2.24 bits per heavy atom. The summed E-state index contributed by atoms with van der Waals surface area (Å²) in [5, 5.41) is 8.27. The molecule has 0 unspecified atom stereocenters. The standard InChI is InChI=1S/C15H14ClNO3S/c1-11-2-8-14(9-3-11)21(18,19)20-15(17)10-12-4-6-13(16)7-5-12/h2-9,17H,10H2,1H3. The molecule has 21 heavy (non-hydrogen) atoms. The van der Waals surface area contributed by atoms with Gasteiger partial charge in [-0.1, -0.05) is 41.4 Å². The predicted octanol–water partition coefficient (Wildman–Crippen LogP) is 3.57. The molecule has 1 N–H and O–H groups in total. The van der Waals surface area contributed by atoms with Gasteiger partial charge in [-0.15, -0.1) is 0 Å². The van der Waals surface area contributed by atoms with E-state index in [0.29, 0.717) is 5.02 Å². The molecule has 0 atom stereocenters. The van der Waals surface area contributed by atoms with E-state index in [2.05, 4.69) is 0 Å². The fourth-order valence-corrected chi connectivity index (χ4v) is 2.72. The van der Waals surface area contributed by atoms with Crippen LogP contribution in [0.25, 0.3) is 0 Å². The molecule has 0 aromatic heterocycles. The fraction of sp³-hybridized carbons (Fsp3) is 0.133. The van der Waals surface area contributed by atoms with Gasteiger partial charge in [0, 0.05) is 11.4 Å². The molecule has 0 aliphatic rings. The van der Waals surface area contributed by atoms with Crippen molar-refractivity contribution < 1.29 is 12.6 Å². The molecule has 0 aliphatic heterocycles. The Hall–Kier alpha value is -1.85. The normalized spacial score (nSPS) is 11.1. The lowest BCUT2D eigenvalue weighted by Crippen LogP contribution is -2.14. The van der Waals surface area contributed by atoms with E-state index in [-0.39, 0.29) is 17.2 Å². The van der Waals surface area contributed by atoms with Crippen molar-refractivity contribution in [3.63, 3.8) is 0 Å². The van der Waals surface area contributed by atoms with Crippen LogP contribution < -0.4 is 0 Å². The molecule has 110 valence electrons. The largest absolute Gasteiger partial charge is 0.363 e. The lowest BCUT2D eigenvalue weighted by atomic mass is 10.1. The first kappa shape index (κ1) is 15.5. The zero-order valence-corrected chi connectivity index (χ0v) is 12.9. The van der Waals surface area contributed by atoms with Gasteiger partial charge in [-0.2, -0.15) is 8.42 Å². The van der Waals surface area contributed by atoms with Crippen molar-refractivity contribution in [2.45, 2.75) is 18.2 Å². The summed E-state index contributed by atoms with van der Waals surface area (Å²) >= 11 is 5.77. The van der Waals surface area contributed by atoms with Crippen LogP contribution in [0.5, 0.6) is 0 Å². The number of nitrogens with one attached hydrogen (secondary N) is 1. The van der Waals surface area contributed by atoms with Crippen LogP contribution in [0.3, 0.4) is 0 Å². The van der Waals surface area contributed by atoms with Crippen LogP contribution in [0.1, 0.15) is 11.1 Å². The van der Waals surface area contributed by atoms with Gasteiger partial charge >= 0.3 is 10.1 Å². The molecule has 6 heteroatoms. The van der Waals surface area contributed by atoms with E-state index in [0.717, 1.165) is 11.1 Å². The summed E-state index contributed by atoms with van der Waals surface area (Å²) in [7, 11) is -3.96. The van der Waals surface area contributed by atoms with E-state index in [1.165, 1.54) is 12.1 Å².